The summed E-state index contributed by atoms with van der Waals surface area (Å²) >= 11 is 0. The van der Waals surface area contributed by atoms with Crippen molar-refractivity contribution in [3.63, 3.8) is 0 Å². The zero-order chi connectivity index (χ0) is 12.3. The van der Waals surface area contributed by atoms with Gasteiger partial charge in [0.15, 0.2) is 0 Å². The normalized spacial score (nSPS) is 12.6. The van der Waals surface area contributed by atoms with Crippen LogP contribution in [0.15, 0.2) is 6.33 Å². The van der Waals surface area contributed by atoms with Crippen molar-refractivity contribution in [1.82, 2.24) is 9.97 Å². The molecule has 5 heteroatoms. The molecule has 1 rings (SSSR count). The Bertz CT molecular complexity index is 386. The second-order valence-corrected chi connectivity index (χ2v) is 4.28. The molecular weight excluding hydrogens is 202 g/mol. The van der Waals surface area contributed by atoms with Crippen LogP contribution < -0.4 is 11.1 Å². The number of nitrogens with one attached hydrogen (secondary N) is 2. The molecule has 1 atom stereocenters. The van der Waals surface area contributed by atoms with Crippen LogP contribution >= 0.6 is 0 Å². The molecule has 0 saturated carbocycles. The van der Waals surface area contributed by atoms with Gasteiger partial charge in [-0.1, -0.05) is 13.8 Å². The number of nitrogen functional groups attached to an aromatic ring is 1. The molecular formula is C11H19N5. The fourth-order valence-corrected chi connectivity index (χ4v) is 1.26. The van der Waals surface area contributed by atoms with Crippen molar-refractivity contribution < 1.29 is 0 Å². The number of hydrogen-bond acceptors (Lipinski definition) is 5. The van der Waals surface area contributed by atoms with Crippen molar-refractivity contribution in [3.8, 4) is 0 Å². The van der Waals surface area contributed by atoms with Crippen LogP contribution in [0.2, 0.25) is 0 Å². The molecule has 0 radical (unpaired) electrons. The number of nitrogens with two attached hydrogens (primary N) is 1. The molecule has 0 bridgehead atoms. The van der Waals surface area contributed by atoms with Gasteiger partial charge >= 0.3 is 0 Å². The second-order valence-electron chi connectivity index (χ2n) is 4.28. The minimum atomic E-state index is 0.271. The first-order chi connectivity index (χ1) is 7.43. The largest absolute Gasteiger partial charge is 0.383 e. The maximum Gasteiger partial charge on any atom is 0.140 e. The topological polar surface area (TPSA) is 87.7 Å². The minimum Gasteiger partial charge on any atom is -0.383 e. The van der Waals surface area contributed by atoms with Crippen LogP contribution in [0.5, 0.6) is 0 Å². The lowest BCUT2D eigenvalue weighted by Gasteiger charge is -2.20. The summed E-state index contributed by atoms with van der Waals surface area (Å²) in [6.07, 6.45) is 1.41. The van der Waals surface area contributed by atoms with Crippen LogP contribution in [0.4, 0.5) is 11.6 Å². The summed E-state index contributed by atoms with van der Waals surface area (Å²) in [5.74, 6) is 1.47. The maximum atomic E-state index is 7.67. The molecule has 0 aromatic carbocycles. The molecule has 16 heavy (non-hydrogen) atoms. The quantitative estimate of drug-likeness (QED) is 0.678. The van der Waals surface area contributed by atoms with Crippen molar-refractivity contribution >= 4 is 17.3 Å². The molecule has 0 aliphatic heterocycles. The fourth-order valence-electron chi connectivity index (χ4n) is 1.26. The molecule has 0 aliphatic carbocycles. The van der Waals surface area contributed by atoms with Crippen molar-refractivity contribution in [2.75, 3.05) is 11.1 Å². The number of hydrogen-bond donors (Lipinski definition) is 3. The maximum absolute atomic E-state index is 7.67. The predicted octanol–water partition coefficient (Wildman–Crippen LogP) is 1.90. The molecule has 88 valence electrons. The van der Waals surface area contributed by atoms with Gasteiger partial charge in [-0.05, 0) is 19.8 Å². The zero-order valence-electron chi connectivity index (χ0n) is 10.2. The third kappa shape index (κ3) is 2.68. The van der Waals surface area contributed by atoms with Crippen molar-refractivity contribution in [2.45, 2.75) is 33.7 Å². The van der Waals surface area contributed by atoms with E-state index in [9.17, 15) is 0 Å². The third-order valence-corrected chi connectivity index (χ3v) is 2.62. The first-order valence-electron chi connectivity index (χ1n) is 5.36. The monoisotopic (exact) mass is 221 g/mol. The van der Waals surface area contributed by atoms with Gasteiger partial charge in [-0.25, -0.2) is 9.97 Å². The van der Waals surface area contributed by atoms with E-state index in [0.717, 1.165) is 0 Å². The Morgan fingerprint density at radius 1 is 1.38 bits per heavy atom. The molecule has 1 heterocycles. The molecule has 0 fully saturated rings. The highest BCUT2D eigenvalue weighted by Crippen LogP contribution is 2.19. The molecule has 0 aliphatic rings. The Balaban J connectivity index is 3.04. The predicted molar refractivity (Wildman–Crippen MR) is 66.9 cm³/mol. The van der Waals surface area contributed by atoms with Crippen molar-refractivity contribution in [3.05, 3.63) is 11.9 Å². The van der Waals surface area contributed by atoms with Gasteiger partial charge in [-0.15, -0.1) is 0 Å². The zero-order valence-corrected chi connectivity index (χ0v) is 10.2. The first-order valence-corrected chi connectivity index (χ1v) is 5.36. The number of nitrogens with zero attached hydrogens (tertiary/aromatic N) is 2. The Labute approximate surface area is 96.0 Å². The third-order valence-electron chi connectivity index (χ3n) is 2.62. The highest BCUT2D eigenvalue weighted by Gasteiger charge is 2.14. The summed E-state index contributed by atoms with van der Waals surface area (Å²) in [7, 11) is 0. The Hall–Kier alpha value is -1.65. The van der Waals surface area contributed by atoms with E-state index >= 15 is 0 Å². The van der Waals surface area contributed by atoms with Gasteiger partial charge in [0, 0.05) is 11.8 Å². The molecule has 1 aromatic rings. The smallest absolute Gasteiger partial charge is 0.140 e. The number of aromatic nitrogens is 2. The molecule has 1 aromatic heterocycles. The van der Waals surface area contributed by atoms with Gasteiger partial charge in [0.25, 0.3) is 0 Å². The van der Waals surface area contributed by atoms with E-state index in [4.69, 9.17) is 11.1 Å². The summed E-state index contributed by atoms with van der Waals surface area (Å²) in [6, 6.07) is 0.271. The summed E-state index contributed by atoms with van der Waals surface area (Å²) in [5.41, 5.74) is 6.71. The summed E-state index contributed by atoms with van der Waals surface area (Å²) < 4.78 is 0. The van der Waals surface area contributed by atoms with E-state index in [1.54, 1.807) is 6.92 Å². The Morgan fingerprint density at radius 2 is 2.00 bits per heavy atom. The second kappa shape index (κ2) is 4.92. The van der Waals surface area contributed by atoms with Crippen LogP contribution in [-0.4, -0.2) is 21.7 Å². The molecule has 0 spiro atoms. The van der Waals surface area contributed by atoms with Crippen LogP contribution in [-0.2, 0) is 0 Å². The van der Waals surface area contributed by atoms with E-state index in [1.165, 1.54) is 6.33 Å². The van der Waals surface area contributed by atoms with E-state index in [1.807, 2.05) is 0 Å². The lowest BCUT2D eigenvalue weighted by atomic mass is 10.1. The molecule has 4 N–H and O–H groups in total. The molecule has 1 unspecified atom stereocenters. The lowest BCUT2D eigenvalue weighted by molar-refractivity contribution is 0.558. The van der Waals surface area contributed by atoms with E-state index in [-0.39, 0.29) is 6.04 Å². The van der Waals surface area contributed by atoms with Crippen molar-refractivity contribution in [2.24, 2.45) is 5.92 Å². The first kappa shape index (κ1) is 12.4. The van der Waals surface area contributed by atoms with E-state index in [2.05, 4.69) is 36.1 Å². The number of rotatable bonds is 4. The summed E-state index contributed by atoms with van der Waals surface area (Å²) in [6.45, 7) is 8.00. The Morgan fingerprint density at radius 3 is 2.50 bits per heavy atom. The van der Waals surface area contributed by atoms with Gasteiger partial charge in [-0.3, -0.25) is 0 Å². The van der Waals surface area contributed by atoms with Gasteiger partial charge in [0.05, 0.1) is 5.56 Å². The van der Waals surface area contributed by atoms with Crippen LogP contribution in [0.1, 0.15) is 33.3 Å². The van der Waals surface area contributed by atoms with Gasteiger partial charge in [0.1, 0.15) is 18.0 Å². The van der Waals surface area contributed by atoms with Crippen LogP contribution in [0.3, 0.4) is 0 Å². The average molecular weight is 221 g/mol. The average Bonchev–Trinajstić information content (AvgIpc) is 2.16. The van der Waals surface area contributed by atoms with E-state index < -0.39 is 0 Å². The fraction of sp³-hybridized carbons (Fsp3) is 0.545. The van der Waals surface area contributed by atoms with Gasteiger partial charge in [0.2, 0.25) is 0 Å². The molecule has 0 saturated heterocycles. The highest BCUT2D eigenvalue weighted by molar-refractivity contribution is 6.04. The SMILES string of the molecule is CC(=N)c1c(N)ncnc1NC(C)C(C)C. The van der Waals surface area contributed by atoms with Gasteiger partial charge in [-0.2, -0.15) is 0 Å². The molecule has 0 amide bonds. The molecule has 5 nitrogen and oxygen atoms in total. The van der Waals surface area contributed by atoms with Crippen LogP contribution in [0.25, 0.3) is 0 Å². The standard InChI is InChI=1S/C11H19N5/c1-6(2)8(4)16-11-9(7(3)12)10(13)14-5-15-11/h5-6,8,12H,1-4H3,(H3,13,14,15,16). The van der Waals surface area contributed by atoms with Crippen molar-refractivity contribution in [1.29, 1.82) is 5.41 Å². The number of anilines is 2. The lowest BCUT2D eigenvalue weighted by Crippen LogP contribution is -2.24. The summed E-state index contributed by atoms with van der Waals surface area (Å²) in [5, 5.41) is 10.9. The van der Waals surface area contributed by atoms with Gasteiger partial charge < -0.3 is 16.5 Å². The minimum absolute atomic E-state index is 0.271. The highest BCUT2D eigenvalue weighted by atomic mass is 15.1. The van der Waals surface area contributed by atoms with E-state index in [0.29, 0.717) is 28.8 Å². The summed E-state index contributed by atoms with van der Waals surface area (Å²) in [4.78, 5) is 8.04. The van der Waals surface area contributed by atoms with Crippen LogP contribution in [0, 0.1) is 11.3 Å². The Kier molecular flexibility index (Phi) is 3.82.